The highest BCUT2D eigenvalue weighted by Gasteiger charge is 2.30. The fraction of sp³-hybridized carbons (Fsp3) is 0.167. The van der Waals surface area contributed by atoms with Crippen LogP contribution in [0.3, 0.4) is 0 Å². The van der Waals surface area contributed by atoms with E-state index >= 15 is 0 Å². The Balaban J connectivity index is 1.78. The summed E-state index contributed by atoms with van der Waals surface area (Å²) in [6.45, 7) is 1.87. The summed E-state index contributed by atoms with van der Waals surface area (Å²) < 4.78 is 0. The van der Waals surface area contributed by atoms with Gasteiger partial charge in [-0.15, -0.1) is 0 Å². The zero-order valence-corrected chi connectivity index (χ0v) is 13.8. The molecule has 5 nitrogen and oxygen atoms in total. The first kappa shape index (κ1) is 16.2. The standard InChI is InChI=1S/C18H15ClN2O3/c1-11-2-5-13(19)10-15(11)20-18(24)12-3-6-14(7-4-12)21-16(22)8-9-17(21)23/h2-7,10H,8-9H2,1H3,(H,20,24). The molecule has 3 rings (SSSR count). The van der Waals surface area contributed by atoms with Gasteiger partial charge in [0.25, 0.3) is 5.91 Å². The van der Waals surface area contributed by atoms with Crippen molar-refractivity contribution in [2.75, 3.05) is 10.2 Å². The average molecular weight is 343 g/mol. The molecule has 0 atom stereocenters. The summed E-state index contributed by atoms with van der Waals surface area (Å²) in [7, 11) is 0. The number of hydrogen-bond acceptors (Lipinski definition) is 3. The van der Waals surface area contributed by atoms with Crippen LogP contribution in [0.25, 0.3) is 0 Å². The monoisotopic (exact) mass is 342 g/mol. The van der Waals surface area contributed by atoms with Gasteiger partial charge in [0.2, 0.25) is 11.8 Å². The number of amides is 3. The summed E-state index contributed by atoms with van der Waals surface area (Å²) >= 11 is 5.95. The molecule has 1 aliphatic heterocycles. The fourth-order valence-electron chi connectivity index (χ4n) is 2.55. The first-order chi connectivity index (χ1) is 11.5. The minimum absolute atomic E-state index is 0.216. The third-order valence-electron chi connectivity index (χ3n) is 3.89. The van der Waals surface area contributed by atoms with Crippen molar-refractivity contribution in [3.63, 3.8) is 0 Å². The van der Waals surface area contributed by atoms with Crippen molar-refractivity contribution >= 4 is 40.7 Å². The SMILES string of the molecule is Cc1ccc(Cl)cc1NC(=O)c1ccc(N2C(=O)CCC2=O)cc1. The van der Waals surface area contributed by atoms with Crippen LogP contribution in [-0.2, 0) is 9.59 Å². The lowest BCUT2D eigenvalue weighted by atomic mass is 10.1. The van der Waals surface area contributed by atoms with Gasteiger partial charge in [-0.05, 0) is 48.9 Å². The van der Waals surface area contributed by atoms with Crippen LogP contribution in [-0.4, -0.2) is 17.7 Å². The van der Waals surface area contributed by atoms with Crippen molar-refractivity contribution in [2.24, 2.45) is 0 Å². The van der Waals surface area contributed by atoms with Gasteiger partial charge < -0.3 is 5.32 Å². The lowest BCUT2D eigenvalue weighted by molar-refractivity contribution is -0.121. The maximum atomic E-state index is 12.3. The number of rotatable bonds is 3. The molecule has 0 radical (unpaired) electrons. The molecule has 0 bridgehead atoms. The summed E-state index contributed by atoms with van der Waals surface area (Å²) in [4.78, 5) is 36.9. The Hall–Kier alpha value is -2.66. The highest BCUT2D eigenvalue weighted by Crippen LogP contribution is 2.24. The Morgan fingerprint density at radius 1 is 1.04 bits per heavy atom. The van der Waals surface area contributed by atoms with E-state index in [2.05, 4.69) is 5.32 Å². The lowest BCUT2D eigenvalue weighted by Gasteiger charge is -2.14. The summed E-state index contributed by atoms with van der Waals surface area (Å²) in [5.41, 5.74) is 2.45. The molecular weight excluding hydrogens is 328 g/mol. The molecule has 3 amide bonds. The Kier molecular flexibility index (Phi) is 4.36. The Morgan fingerprint density at radius 3 is 2.29 bits per heavy atom. The summed E-state index contributed by atoms with van der Waals surface area (Å²) in [5, 5.41) is 3.34. The molecule has 122 valence electrons. The Bertz CT molecular complexity index is 815. The first-order valence-electron chi connectivity index (χ1n) is 7.49. The number of imide groups is 1. The highest BCUT2D eigenvalue weighted by molar-refractivity contribution is 6.31. The molecule has 1 saturated heterocycles. The molecule has 0 saturated carbocycles. The van der Waals surface area contributed by atoms with Crippen LogP contribution in [0.1, 0.15) is 28.8 Å². The fourth-order valence-corrected chi connectivity index (χ4v) is 2.72. The zero-order valence-electron chi connectivity index (χ0n) is 13.0. The van der Waals surface area contributed by atoms with Crippen molar-refractivity contribution in [1.29, 1.82) is 0 Å². The van der Waals surface area contributed by atoms with Gasteiger partial charge >= 0.3 is 0 Å². The molecule has 1 fully saturated rings. The van der Waals surface area contributed by atoms with Gasteiger partial charge in [-0.25, -0.2) is 0 Å². The van der Waals surface area contributed by atoms with Gasteiger partial charge in [0.15, 0.2) is 0 Å². The number of halogens is 1. The second-order valence-electron chi connectivity index (χ2n) is 5.58. The molecular formula is C18H15ClN2O3. The van der Waals surface area contributed by atoms with E-state index in [0.717, 1.165) is 10.5 Å². The van der Waals surface area contributed by atoms with Crippen molar-refractivity contribution in [3.05, 3.63) is 58.6 Å². The number of carbonyl (C=O) groups excluding carboxylic acids is 3. The van der Waals surface area contributed by atoms with Crippen LogP contribution in [0, 0.1) is 6.92 Å². The number of anilines is 2. The van der Waals surface area contributed by atoms with Crippen molar-refractivity contribution in [1.82, 2.24) is 0 Å². The summed E-state index contributed by atoms with van der Waals surface area (Å²) in [5.74, 6) is -0.718. The van der Waals surface area contributed by atoms with E-state index in [9.17, 15) is 14.4 Å². The quantitative estimate of drug-likeness (QED) is 0.867. The van der Waals surface area contributed by atoms with Gasteiger partial charge in [0.05, 0.1) is 5.69 Å². The number of benzene rings is 2. The highest BCUT2D eigenvalue weighted by atomic mass is 35.5. The van der Waals surface area contributed by atoms with Gasteiger partial charge in [-0.1, -0.05) is 17.7 Å². The topological polar surface area (TPSA) is 66.5 Å². The van der Waals surface area contributed by atoms with Crippen molar-refractivity contribution < 1.29 is 14.4 Å². The minimum Gasteiger partial charge on any atom is -0.322 e. The minimum atomic E-state index is -0.286. The molecule has 0 unspecified atom stereocenters. The molecule has 0 aromatic heterocycles. The van der Waals surface area contributed by atoms with Crippen LogP contribution in [0.4, 0.5) is 11.4 Å². The van der Waals surface area contributed by atoms with Crippen LogP contribution in [0.5, 0.6) is 0 Å². The number of carbonyl (C=O) groups is 3. The molecule has 6 heteroatoms. The normalized spacial score (nSPS) is 14.2. The molecule has 0 spiro atoms. The van der Waals surface area contributed by atoms with E-state index in [4.69, 9.17) is 11.6 Å². The van der Waals surface area contributed by atoms with E-state index in [-0.39, 0.29) is 30.6 Å². The molecule has 1 heterocycles. The molecule has 2 aromatic rings. The lowest BCUT2D eigenvalue weighted by Crippen LogP contribution is -2.28. The third kappa shape index (κ3) is 3.16. The second kappa shape index (κ2) is 6.45. The van der Waals surface area contributed by atoms with Gasteiger partial charge in [0, 0.05) is 29.1 Å². The second-order valence-corrected chi connectivity index (χ2v) is 6.02. The van der Waals surface area contributed by atoms with E-state index in [1.165, 1.54) is 0 Å². The maximum Gasteiger partial charge on any atom is 0.255 e. The zero-order chi connectivity index (χ0) is 17.3. The third-order valence-corrected chi connectivity index (χ3v) is 4.12. The number of nitrogens with one attached hydrogen (secondary N) is 1. The van der Waals surface area contributed by atoms with Gasteiger partial charge in [-0.3, -0.25) is 19.3 Å². The molecule has 1 aliphatic rings. The van der Waals surface area contributed by atoms with Crippen LogP contribution in [0.2, 0.25) is 5.02 Å². The molecule has 1 N–H and O–H groups in total. The van der Waals surface area contributed by atoms with E-state index in [1.54, 1.807) is 36.4 Å². The van der Waals surface area contributed by atoms with Crippen molar-refractivity contribution in [2.45, 2.75) is 19.8 Å². The molecule has 24 heavy (non-hydrogen) atoms. The van der Waals surface area contributed by atoms with Crippen LogP contribution >= 0.6 is 11.6 Å². The first-order valence-corrected chi connectivity index (χ1v) is 7.87. The number of aryl methyl sites for hydroxylation is 1. The average Bonchev–Trinajstić information content (AvgIpc) is 2.90. The molecule has 2 aromatic carbocycles. The van der Waals surface area contributed by atoms with E-state index < -0.39 is 0 Å². The number of hydrogen-bond donors (Lipinski definition) is 1. The maximum absolute atomic E-state index is 12.3. The van der Waals surface area contributed by atoms with Gasteiger partial charge in [0.1, 0.15) is 0 Å². The van der Waals surface area contributed by atoms with Crippen LogP contribution in [0.15, 0.2) is 42.5 Å². The predicted molar refractivity (Wildman–Crippen MR) is 92.3 cm³/mol. The predicted octanol–water partition coefficient (Wildman–Crippen LogP) is 3.55. The number of nitrogens with zero attached hydrogens (tertiary/aromatic N) is 1. The Labute approximate surface area is 144 Å². The largest absolute Gasteiger partial charge is 0.322 e. The smallest absolute Gasteiger partial charge is 0.255 e. The van der Waals surface area contributed by atoms with Crippen molar-refractivity contribution in [3.8, 4) is 0 Å². The van der Waals surface area contributed by atoms with Crippen LogP contribution < -0.4 is 10.2 Å². The summed E-state index contributed by atoms with van der Waals surface area (Å²) in [6.07, 6.45) is 0.463. The molecule has 0 aliphatic carbocycles. The van der Waals surface area contributed by atoms with Gasteiger partial charge in [-0.2, -0.15) is 0 Å². The van der Waals surface area contributed by atoms with E-state index in [1.807, 2.05) is 13.0 Å². The summed E-state index contributed by atoms with van der Waals surface area (Å²) in [6, 6.07) is 11.6. The Morgan fingerprint density at radius 2 is 1.67 bits per heavy atom. The van der Waals surface area contributed by atoms with E-state index in [0.29, 0.717) is 22.0 Å².